The lowest BCUT2D eigenvalue weighted by atomic mass is 10.1. The van der Waals surface area contributed by atoms with Crippen LogP contribution in [0, 0.1) is 0 Å². The van der Waals surface area contributed by atoms with Crippen molar-refractivity contribution in [3.05, 3.63) is 59.7 Å². The summed E-state index contributed by atoms with van der Waals surface area (Å²) in [5.41, 5.74) is 4.01. The molecule has 1 N–H and O–H groups in total. The Kier molecular flexibility index (Phi) is 4.00. The topological polar surface area (TPSA) is 23.5 Å². The van der Waals surface area contributed by atoms with Crippen molar-refractivity contribution in [2.24, 2.45) is 0 Å². The number of hydrogen-bond donors (Lipinski definition) is 1. The Bertz CT molecular complexity index is 475. The lowest BCUT2D eigenvalue weighted by Gasteiger charge is -2.22. The van der Waals surface area contributed by atoms with Crippen LogP contribution in [0.2, 0.25) is 0 Å². The maximum atomic E-state index is 10.4. The average Bonchev–Trinajstić information content (AvgIpc) is 2.46. The van der Waals surface area contributed by atoms with Gasteiger partial charge in [0.15, 0.2) is 0 Å². The lowest BCUT2D eigenvalue weighted by molar-refractivity contribution is 0.299. The number of rotatable bonds is 4. The van der Waals surface area contributed by atoms with E-state index in [9.17, 15) is 5.21 Å². The minimum absolute atomic E-state index is 0.862. The van der Waals surface area contributed by atoms with E-state index in [1.54, 1.807) is 0 Å². The Labute approximate surface area is 108 Å². The molecule has 2 nitrogen and oxygen atoms in total. The molecule has 0 atom stereocenters. The van der Waals surface area contributed by atoms with E-state index in [1.165, 1.54) is 5.06 Å². The quantitative estimate of drug-likeness (QED) is 0.805. The summed E-state index contributed by atoms with van der Waals surface area (Å²) in [7, 11) is 0. The third-order valence-corrected chi connectivity index (χ3v) is 3.20. The van der Waals surface area contributed by atoms with Crippen molar-refractivity contribution < 1.29 is 5.21 Å². The lowest BCUT2D eigenvalue weighted by Crippen LogP contribution is -2.14. The van der Waals surface area contributed by atoms with Gasteiger partial charge in [-0.3, -0.25) is 5.21 Å². The summed E-state index contributed by atoms with van der Waals surface area (Å²) in [6.45, 7) is 4.19. The number of benzene rings is 2. The molecule has 0 amide bonds. The van der Waals surface area contributed by atoms with Crippen LogP contribution in [0.5, 0.6) is 0 Å². The number of anilines is 2. The molecule has 0 saturated carbocycles. The normalized spacial score (nSPS) is 10.4. The van der Waals surface area contributed by atoms with Crippen LogP contribution < -0.4 is 5.06 Å². The molecule has 0 bridgehead atoms. The summed E-state index contributed by atoms with van der Waals surface area (Å²) in [5.74, 6) is 0. The second-order valence-corrected chi connectivity index (χ2v) is 4.28. The fourth-order valence-corrected chi connectivity index (χ4v) is 2.16. The zero-order chi connectivity index (χ0) is 13.0. The summed E-state index contributed by atoms with van der Waals surface area (Å²) < 4.78 is 0. The fourth-order valence-electron chi connectivity index (χ4n) is 2.16. The van der Waals surface area contributed by atoms with Gasteiger partial charge in [-0.25, -0.2) is 5.06 Å². The van der Waals surface area contributed by atoms with Gasteiger partial charge in [-0.05, 0) is 36.1 Å². The highest BCUT2D eigenvalue weighted by Crippen LogP contribution is 2.29. The van der Waals surface area contributed by atoms with Crippen molar-refractivity contribution in [2.75, 3.05) is 5.06 Å². The van der Waals surface area contributed by atoms with Gasteiger partial charge in [-0.2, -0.15) is 0 Å². The number of aryl methyl sites for hydroxylation is 2. The van der Waals surface area contributed by atoms with E-state index in [2.05, 4.69) is 13.8 Å². The second kappa shape index (κ2) is 5.69. The molecule has 2 rings (SSSR count). The Balaban J connectivity index is 2.44. The molecule has 2 aromatic carbocycles. The summed E-state index contributed by atoms with van der Waals surface area (Å²) in [6.07, 6.45) is 1.81. The fraction of sp³-hybridized carbons (Fsp3) is 0.250. The molecular formula is C16H19NO. The Hall–Kier alpha value is -1.80. The summed E-state index contributed by atoms with van der Waals surface area (Å²) in [6, 6.07) is 15.9. The van der Waals surface area contributed by atoms with E-state index in [4.69, 9.17) is 0 Å². The van der Waals surface area contributed by atoms with Crippen LogP contribution in [-0.4, -0.2) is 5.21 Å². The molecule has 0 aliphatic heterocycles. The monoisotopic (exact) mass is 241 g/mol. The second-order valence-electron chi connectivity index (χ2n) is 4.28. The molecule has 0 saturated heterocycles. The maximum Gasteiger partial charge on any atom is 0.0725 e. The van der Waals surface area contributed by atoms with Gasteiger partial charge in [0.25, 0.3) is 0 Å². The molecule has 2 heteroatoms. The highest BCUT2D eigenvalue weighted by molar-refractivity contribution is 5.66. The maximum absolute atomic E-state index is 10.4. The van der Waals surface area contributed by atoms with E-state index in [1.807, 2.05) is 48.5 Å². The first-order valence-electron chi connectivity index (χ1n) is 6.42. The van der Waals surface area contributed by atoms with Crippen molar-refractivity contribution in [2.45, 2.75) is 26.7 Å². The Morgan fingerprint density at radius 3 is 1.56 bits per heavy atom. The average molecular weight is 241 g/mol. The highest BCUT2D eigenvalue weighted by atomic mass is 16.5. The van der Waals surface area contributed by atoms with Crippen LogP contribution in [0.15, 0.2) is 48.5 Å². The van der Waals surface area contributed by atoms with E-state index < -0.39 is 0 Å². The van der Waals surface area contributed by atoms with Gasteiger partial charge in [0.1, 0.15) is 0 Å². The number of para-hydroxylation sites is 2. The molecule has 0 fully saturated rings. The van der Waals surface area contributed by atoms with Crippen molar-refractivity contribution in [1.82, 2.24) is 0 Å². The Morgan fingerprint density at radius 2 is 1.17 bits per heavy atom. The molecule has 94 valence electrons. The minimum Gasteiger partial charge on any atom is -0.283 e. The molecule has 2 aromatic rings. The van der Waals surface area contributed by atoms with Crippen LogP contribution in [0.1, 0.15) is 25.0 Å². The zero-order valence-electron chi connectivity index (χ0n) is 10.9. The molecule has 0 spiro atoms. The smallest absolute Gasteiger partial charge is 0.0725 e. The molecule has 0 aromatic heterocycles. The number of hydrogen-bond acceptors (Lipinski definition) is 2. The van der Waals surface area contributed by atoms with Gasteiger partial charge in [0, 0.05) is 0 Å². The van der Waals surface area contributed by atoms with Crippen molar-refractivity contribution in [3.8, 4) is 0 Å². The van der Waals surface area contributed by atoms with Crippen LogP contribution in [0.4, 0.5) is 11.4 Å². The third-order valence-electron chi connectivity index (χ3n) is 3.20. The van der Waals surface area contributed by atoms with Gasteiger partial charge in [-0.1, -0.05) is 50.2 Å². The molecule has 0 aliphatic carbocycles. The first-order chi connectivity index (χ1) is 8.77. The standard InChI is InChI=1S/C16H19NO/c1-3-13-9-5-7-11-15(13)17(18)16-12-8-6-10-14(16)4-2/h5-12,18H,3-4H2,1-2H3. The number of nitrogens with zero attached hydrogens (tertiary/aromatic N) is 1. The van der Waals surface area contributed by atoms with E-state index >= 15 is 0 Å². The first-order valence-corrected chi connectivity index (χ1v) is 6.42. The molecule has 0 radical (unpaired) electrons. The largest absolute Gasteiger partial charge is 0.283 e. The summed E-state index contributed by atoms with van der Waals surface area (Å²) in [4.78, 5) is 0. The van der Waals surface area contributed by atoms with Gasteiger partial charge in [0.2, 0.25) is 0 Å². The van der Waals surface area contributed by atoms with E-state index in [0.717, 1.165) is 35.3 Å². The predicted molar refractivity (Wildman–Crippen MR) is 75.6 cm³/mol. The Morgan fingerprint density at radius 1 is 0.778 bits per heavy atom. The van der Waals surface area contributed by atoms with Crippen LogP contribution in [0.3, 0.4) is 0 Å². The van der Waals surface area contributed by atoms with E-state index in [-0.39, 0.29) is 0 Å². The van der Waals surface area contributed by atoms with E-state index in [0.29, 0.717) is 0 Å². The van der Waals surface area contributed by atoms with Gasteiger partial charge in [-0.15, -0.1) is 0 Å². The van der Waals surface area contributed by atoms with Gasteiger partial charge >= 0.3 is 0 Å². The highest BCUT2D eigenvalue weighted by Gasteiger charge is 2.12. The van der Waals surface area contributed by atoms with Crippen molar-refractivity contribution in [1.29, 1.82) is 0 Å². The minimum atomic E-state index is 0.862. The molecule has 18 heavy (non-hydrogen) atoms. The SMILES string of the molecule is CCc1ccccc1N(O)c1ccccc1CC. The van der Waals surface area contributed by atoms with Crippen molar-refractivity contribution in [3.63, 3.8) is 0 Å². The molecular weight excluding hydrogens is 222 g/mol. The predicted octanol–water partition coefficient (Wildman–Crippen LogP) is 4.34. The third kappa shape index (κ3) is 2.39. The zero-order valence-corrected chi connectivity index (χ0v) is 10.9. The molecule has 0 heterocycles. The first kappa shape index (κ1) is 12.7. The van der Waals surface area contributed by atoms with Crippen molar-refractivity contribution >= 4 is 11.4 Å². The molecule has 0 unspecified atom stereocenters. The van der Waals surface area contributed by atoms with Gasteiger partial charge in [0.05, 0.1) is 11.4 Å². The van der Waals surface area contributed by atoms with Gasteiger partial charge < -0.3 is 0 Å². The van der Waals surface area contributed by atoms with Crippen LogP contribution in [-0.2, 0) is 12.8 Å². The van der Waals surface area contributed by atoms with Crippen LogP contribution in [0.25, 0.3) is 0 Å². The molecule has 0 aliphatic rings. The summed E-state index contributed by atoms with van der Waals surface area (Å²) >= 11 is 0. The van der Waals surface area contributed by atoms with Crippen LogP contribution >= 0.6 is 0 Å². The summed E-state index contributed by atoms with van der Waals surface area (Å²) in [5, 5.41) is 11.8.